The van der Waals surface area contributed by atoms with Gasteiger partial charge in [-0.05, 0) is 49.1 Å². The number of carbonyl (C=O) groups is 2. The van der Waals surface area contributed by atoms with Crippen LogP contribution in [0.25, 0.3) is 0 Å². The number of hydrogen-bond donors (Lipinski definition) is 0. The molecule has 0 aliphatic carbocycles. The fourth-order valence-corrected chi connectivity index (χ4v) is 7.50. The average molecular weight is 443 g/mol. The van der Waals surface area contributed by atoms with E-state index in [4.69, 9.17) is 16.3 Å². The number of piperidine rings is 1. The predicted octanol–water partition coefficient (Wildman–Crippen LogP) is 2.12. The van der Waals surface area contributed by atoms with Crippen molar-refractivity contribution in [1.82, 2.24) is 14.5 Å². The normalized spacial score (nSPS) is 32.1. The van der Waals surface area contributed by atoms with Crippen LogP contribution in [-0.4, -0.2) is 67.8 Å². The van der Waals surface area contributed by atoms with Gasteiger partial charge in [0.1, 0.15) is 5.69 Å². The van der Waals surface area contributed by atoms with Gasteiger partial charge in [0.05, 0.1) is 28.5 Å². The molecule has 2 amide bonds. The third kappa shape index (κ3) is 4.67. The molecule has 3 fully saturated rings. The molecule has 3 unspecified atom stereocenters. The summed E-state index contributed by atoms with van der Waals surface area (Å²) in [7, 11) is -1.03. The van der Waals surface area contributed by atoms with Crippen LogP contribution in [0.5, 0.6) is 0 Å². The van der Waals surface area contributed by atoms with Crippen molar-refractivity contribution in [3.8, 4) is 0 Å². The van der Waals surface area contributed by atoms with E-state index in [1.165, 1.54) is 10.8 Å². The lowest BCUT2D eigenvalue weighted by atomic mass is 9.90. The second-order valence-electron chi connectivity index (χ2n) is 8.43. The number of likely N-dealkylation sites (tertiary alicyclic amines) is 1. The molecule has 1 aromatic heterocycles. The van der Waals surface area contributed by atoms with Gasteiger partial charge in [-0.25, -0.2) is 9.19 Å². The first-order valence-corrected chi connectivity index (χ1v) is 12.4. The summed E-state index contributed by atoms with van der Waals surface area (Å²) in [5.41, 5.74) is 0.234. The highest BCUT2D eigenvalue weighted by Crippen LogP contribution is 2.32. The SMILES string of the molecule is Cn1c(C(=O)N=S2(=O)CC3CC(CN(C(=O)CC4CCCCO4)C3)C2)cnc1Cl. The second-order valence-corrected chi connectivity index (χ2v) is 11.2. The topological polar surface area (TPSA) is 93.9 Å². The molecular formula is C19H27ClN4O4S. The number of amides is 2. The summed E-state index contributed by atoms with van der Waals surface area (Å²) in [6, 6.07) is 0. The maximum atomic E-state index is 13.3. The van der Waals surface area contributed by atoms with Crippen molar-refractivity contribution in [1.29, 1.82) is 0 Å². The van der Waals surface area contributed by atoms with E-state index < -0.39 is 15.6 Å². The predicted molar refractivity (Wildman–Crippen MR) is 109 cm³/mol. The van der Waals surface area contributed by atoms with E-state index in [1.54, 1.807) is 7.05 Å². The van der Waals surface area contributed by atoms with Crippen molar-refractivity contribution >= 4 is 33.1 Å². The Morgan fingerprint density at radius 3 is 2.62 bits per heavy atom. The van der Waals surface area contributed by atoms with E-state index in [-0.39, 0.29) is 34.8 Å². The Hall–Kier alpha value is -1.45. The highest BCUT2D eigenvalue weighted by atomic mass is 35.5. The first-order chi connectivity index (χ1) is 13.8. The molecule has 3 aliphatic heterocycles. The lowest BCUT2D eigenvalue weighted by Crippen LogP contribution is -2.51. The zero-order chi connectivity index (χ0) is 20.6. The largest absolute Gasteiger partial charge is 0.378 e. The Balaban J connectivity index is 1.42. The Morgan fingerprint density at radius 1 is 1.31 bits per heavy atom. The summed E-state index contributed by atoms with van der Waals surface area (Å²) >= 11 is 5.88. The number of carbonyl (C=O) groups excluding carboxylic acids is 2. The van der Waals surface area contributed by atoms with Crippen molar-refractivity contribution < 1.29 is 18.5 Å². The Morgan fingerprint density at radius 2 is 2.03 bits per heavy atom. The van der Waals surface area contributed by atoms with E-state index >= 15 is 0 Å². The van der Waals surface area contributed by atoms with Crippen LogP contribution in [0.1, 0.15) is 42.6 Å². The first-order valence-electron chi connectivity index (χ1n) is 10.2. The number of hydrogen-bond acceptors (Lipinski definition) is 5. The van der Waals surface area contributed by atoms with Gasteiger partial charge in [0, 0.05) is 38.2 Å². The van der Waals surface area contributed by atoms with Gasteiger partial charge in [0.25, 0.3) is 0 Å². The van der Waals surface area contributed by atoms with E-state index in [0.29, 0.717) is 31.0 Å². The molecule has 0 spiro atoms. The number of rotatable bonds is 3. The summed E-state index contributed by atoms with van der Waals surface area (Å²) < 4.78 is 24.6. The maximum Gasteiger partial charge on any atom is 0.303 e. The van der Waals surface area contributed by atoms with Crippen LogP contribution < -0.4 is 0 Å². The summed E-state index contributed by atoms with van der Waals surface area (Å²) in [6.07, 6.45) is 5.87. The summed E-state index contributed by atoms with van der Waals surface area (Å²) in [4.78, 5) is 31.0. The van der Waals surface area contributed by atoms with Crippen LogP contribution in [0.15, 0.2) is 10.6 Å². The monoisotopic (exact) mass is 442 g/mol. The molecule has 3 atom stereocenters. The van der Waals surface area contributed by atoms with E-state index in [0.717, 1.165) is 32.3 Å². The molecule has 3 saturated heterocycles. The van der Waals surface area contributed by atoms with Crippen LogP contribution in [0.3, 0.4) is 0 Å². The Bertz CT molecular complexity index is 897. The molecule has 8 nitrogen and oxygen atoms in total. The molecule has 160 valence electrons. The molecule has 10 heteroatoms. The van der Waals surface area contributed by atoms with Gasteiger partial charge < -0.3 is 14.2 Å². The number of aromatic nitrogens is 2. The first kappa shape index (κ1) is 20.8. The summed E-state index contributed by atoms with van der Waals surface area (Å²) in [5, 5.41) is 0.190. The van der Waals surface area contributed by atoms with Crippen LogP contribution in [-0.2, 0) is 26.3 Å². The summed E-state index contributed by atoms with van der Waals surface area (Å²) in [6.45, 7) is 1.91. The molecule has 3 aliphatic rings. The molecule has 0 saturated carbocycles. The van der Waals surface area contributed by atoms with E-state index in [1.807, 2.05) is 4.90 Å². The molecule has 0 radical (unpaired) electrons. The molecule has 4 rings (SSSR count). The highest BCUT2D eigenvalue weighted by molar-refractivity contribution is 7.94. The van der Waals surface area contributed by atoms with Crippen LogP contribution in [0.2, 0.25) is 5.28 Å². The smallest absolute Gasteiger partial charge is 0.303 e. The number of nitrogens with zero attached hydrogens (tertiary/aromatic N) is 4. The van der Waals surface area contributed by atoms with E-state index in [9.17, 15) is 13.8 Å². The molecule has 0 aromatic carbocycles. The summed E-state index contributed by atoms with van der Waals surface area (Å²) in [5.74, 6) is 0.502. The number of halogens is 1. The number of fused-ring (bicyclic) bond motifs is 2. The zero-order valence-corrected chi connectivity index (χ0v) is 18.2. The molecule has 1 aromatic rings. The van der Waals surface area contributed by atoms with Crippen molar-refractivity contribution in [2.24, 2.45) is 23.2 Å². The molecule has 29 heavy (non-hydrogen) atoms. The van der Waals surface area contributed by atoms with Gasteiger partial charge in [-0.3, -0.25) is 9.59 Å². The quantitative estimate of drug-likeness (QED) is 0.714. The lowest BCUT2D eigenvalue weighted by molar-refractivity contribution is -0.137. The molecule has 0 N–H and O–H groups in total. The minimum atomic E-state index is -2.65. The molecule has 2 bridgehead atoms. The van der Waals surface area contributed by atoms with Gasteiger partial charge in [0.15, 0.2) is 0 Å². The molecular weight excluding hydrogens is 416 g/mol. The van der Waals surface area contributed by atoms with Crippen LogP contribution in [0, 0.1) is 11.8 Å². The van der Waals surface area contributed by atoms with Gasteiger partial charge in [0.2, 0.25) is 11.2 Å². The van der Waals surface area contributed by atoms with Crippen LogP contribution in [0.4, 0.5) is 0 Å². The minimum Gasteiger partial charge on any atom is -0.378 e. The van der Waals surface area contributed by atoms with Crippen molar-refractivity contribution in [2.75, 3.05) is 31.2 Å². The third-order valence-electron chi connectivity index (χ3n) is 6.04. The Kier molecular flexibility index (Phi) is 5.99. The number of imidazole rings is 1. The van der Waals surface area contributed by atoms with Gasteiger partial charge in [-0.2, -0.15) is 4.36 Å². The van der Waals surface area contributed by atoms with Crippen molar-refractivity contribution in [3.63, 3.8) is 0 Å². The number of ether oxygens (including phenoxy) is 1. The Labute approximate surface area is 176 Å². The fourth-order valence-electron chi connectivity index (χ4n) is 4.72. The highest BCUT2D eigenvalue weighted by Gasteiger charge is 2.39. The third-order valence-corrected chi connectivity index (χ3v) is 8.88. The second kappa shape index (κ2) is 8.35. The molecule has 4 heterocycles. The standard InChI is InChI=1S/C19H27ClN4O4S/c1-23-16(8-21-19(23)20)18(26)22-29(27)11-13-6-14(12-29)10-24(9-13)17(25)7-15-4-2-3-5-28-15/h8,13-15H,2-7,9-12H2,1H3. The minimum absolute atomic E-state index is 0.0283. The maximum absolute atomic E-state index is 13.3. The van der Waals surface area contributed by atoms with Crippen molar-refractivity contribution in [2.45, 2.75) is 38.2 Å². The fraction of sp³-hybridized carbons (Fsp3) is 0.737. The van der Waals surface area contributed by atoms with Gasteiger partial charge in [-0.1, -0.05) is 0 Å². The van der Waals surface area contributed by atoms with Gasteiger partial charge in [-0.15, -0.1) is 0 Å². The average Bonchev–Trinajstić information content (AvgIpc) is 3.00. The van der Waals surface area contributed by atoms with Crippen LogP contribution >= 0.6 is 11.6 Å². The zero-order valence-electron chi connectivity index (χ0n) is 16.6. The van der Waals surface area contributed by atoms with E-state index in [2.05, 4.69) is 9.35 Å². The van der Waals surface area contributed by atoms with Crippen molar-refractivity contribution in [3.05, 3.63) is 17.2 Å². The lowest BCUT2D eigenvalue weighted by Gasteiger charge is -2.42. The van der Waals surface area contributed by atoms with Gasteiger partial charge >= 0.3 is 5.91 Å².